The van der Waals surface area contributed by atoms with E-state index in [2.05, 4.69) is 12.2 Å². The molecule has 102 valence electrons. The summed E-state index contributed by atoms with van der Waals surface area (Å²) >= 11 is 1.71. The van der Waals surface area contributed by atoms with Crippen molar-refractivity contribution in [3.05, 3.63) is 18.1 Å². The zero-order chi connectivity index (χ0) is 13.8. The first-order valence-electron chi connectivity index (χ1n) is 5.91. The molecule has 0 spiro atoms. The van der Waals surface area contributed by atoms with Crippen molar-refractivity contribution in [2.24, 2.45) is 0 Å². The lowest BCUT2D eigenvalue weighted by Crippen LogP contribution is -2.49. The van der Waals surface area contributed by atoms with Crippen LogP contribution in [0.15, 0.2) is 21.6 Å². The van der Waals surface area contributed by atoms with Gasteiger partial charge in [-0.3, -0.25) is 4.79 Å². The minimum atomic E-state index is -0.654. The van der Waals surface area contributed by atoms with Gasteiger partial charge in [-0.25, -0.2) is 0 Å². The van der Waals surface area contributed by atoms with Gasteiger partial charge < -0.3 is 14.5 Å². The van der Waals surface area contributed by atoms with Crippen LogP contribution in [0.5, 0.6) is 0 Å². The summed E-state index contributed by atoms with van der Waals surface area (Å²) in [7, 11) is 3.19. The van der Waals surface area contributed by atoms with E-state index in [-0.39, 0.29) is 11.2 Å². The maximum Gasteiger partial charge on any atom is 0.325 e. The van der Waals surface area contributed by atoms with Crippen molar-refractivity contribution >= 4 is 17.7 Å². The van der Waals surface area contributed by atoms with Gasteiger partial charge in [-0.05, 0) is 33.4 Å². The van der Waals surface area contributed by atoms with Crippen molar-refractivity contribution in [1.29, 1.82) is 0 Å². The smallest absolute Gasteiger partial charge is 0.325 e. The normalized spacial score (nSPS) is 16.1. The molecule has 2 unspecified atom stereocenters. The average Bonchev–Trinajstić information content (AvgIpc) is 2.73. The fraction of sp³-hybridized carbons (Fsp3) is 0.615. The van der Waals surface area contributed by atoms with Crippen LogP contribution in [0, 0.1) is 6.92 Å². The Hall–Kier alpha value is -0.940. The molecule has 0 aliphatic carbocycles. The van der Waals surface area contributed by atoms with Crippen molar-refractivity contribution in [3.8, 4) is 0 Å². The van der Waals surface area contributed by atoms with Crippen LogP contribution in [-0.4, -0.2) is 30.9 Å². The van der Waals surface area contributed by atoms with Gasteiger partial charge in [0.15, 0.2) is 0 Å². The number of aryl methyl sites for hydroxylation is 1. The molecular formula is C13H21NO3S. The predicted octanol–water partition coefficient (Wildman–Crippen LogP) is 2.61. The Kier molecular flexibility index (Phi) is 5.28. The van der Waals surface area contributed by atoms with Crippen molar-refractivity contribution in [3.63, 3.8) is 0 Å². The second-order valence-corrected chi connectivity index (χ2v) is 6.03. The highest BCUT2D eigenvalue weighted by atomic mass is 32.2. The summed E-state index contributed by atoms with van der Waals surface area (Å²) in [6, 6.07) is 1.95. The first kappa shape index (κ1) is 15.1. The molecule has 0 saturated heterocycles. The lowest BCUT2D eigenvalue weighted by molar-refractivity contribution is -0.147. The molecule has 1 aromatic rings. The molecule has 2 atom stereocenters. The number of carbonyl (C=O) groups is 1. The number of nitrogens with one attached hydrogen (secondary N) is 1. The van der Waals surface area contributed by atoms with E-state index in [0.717, 1.165) is 10.7 Å². The summed E-state index contributed by atoms with van der Waals surface area (Å²) in [6.07, 6.45) is 2.37. The summed E-state index contributed by atoms with van der Waals surface area (Å²) in [5.41, 5.74) is -0.654. The molecule has 0 fully saturated rings. The molecule has 1 aromatic heterocycles. The van der Waals surface area contributed by atoms with E-state index in [1.165, 1.54) is 7.11 Å². The highest BCUT2D eigenvalue weighted by molar-refractivity contribution is 8.00. The van der Waals surface area contributed by atoms with E-state index in [4.69, 9.17) is 9.15 Å². The fourth-order valence-corrected chi connectivity index (χ4v) is 3.04. The Bertz CT molecular complexity index is 405. The molecule has 5 heteroatoms. The summed E-state index contributed by atoms with van der Waals surface area (Å²) in [5, 5.41) is 3.32. The molecule has 0 bridgehead atoms. The first-order chi connectivity index (χ1) is 8.42. The number of thioether (sulfide) groups is 1. The number of ether oxygens (including phenoxy) is 1. The molecule has 0 saturated carbocycles. The third kappa shape index (κ3) is 3.53. The third-order valence-electron chi connectivity index (χ3n) is 3.02. The van der Waals surface area contributed by atoms with Gasteiger partial charge in [0.05, 0.1) is 13.4 Å². The topological polar surface area (TPSA) is 51.5 Å². The molecular weight excluding hydrogens is 250 g/mol. The van der Waals surface area contributed by atoms with Crippen molar-refractivity contribution in [2.75, 3.05) is 14.2 Å². The van der Waals surface area contributed by atoms with Crippen molar-refractivity contribution < 1.29 is 13.9 Å². The number of likely N-dealkylation sites (N-methyl/N-ethyl adjacent to an activating group) is 1. The maximum atomic E-state index is 11.8. The quantitative estimate of drug-likeness (QED) is 0.636. The maximum absolute atomic E-state index is 11.8. The molecule has 1 rings (SSSR count). The monoisotopic (exact) mass is 271 g/mol. The Morgan fingerprint density at radius 1 is 1.67 bits per heavy atom. The number of rotatable bonds is 6. The van der Waals surface area contributed by atoms with Crippen LogP contribution < -0.4 is 5.32 Å². The predicted molar refractivity (Wildman–Crippen MR) is 72.9 cm³/mol. The van der Waals surface area contributed by atoms with Crippen LogP contribution in [0.4, 0.5) is 0 Å². The highest BCUT2D eigenvalue weighted by Gasteiger charge is 2.34. The van der Waals surface area contributed by atoms with Crippen LogP contribution in [0.2, 0.25) is 0 Å². The number of furan rings is 1. The Labute approximate surface area is 112 Å². The number of hydrogen-bond donors (Lipinski definition) is 1. The summed E-state index contributed by atoms with van der Waals surface area (Å²) in [6.45, 7) is 5.89. The van der Waals surface area contributed by atoms with Gasteiger partial charge in [0.25, 0.3) is 0 Å². The van der Waals surface area contributed by atoms with Gasteiger partial charge in [0.1, 0.15) is 11.3 Å². The Balaban J connectivity index is 2.65. The van der Waals surface area contributed by atoms with E-state index in [1.807, 2.05) is 19.9 Å². The molecule has 0 aromatic carbocycles. The Morgan fingerprint density at radius 3 is 2.78 bits per heavy atom. The van der Waals surface area contributed by atoms with Crippen LogP contribution in [0.3, 0.4) is 0 Å². The average molecular weight is 271 g/mol. The van der Waals surface area contributed by atoms with E-state index in [9.17, 15) is 4.79 Å². The summed E-state index contributed by atoms with van der Waals surface area (Å²) in [5.74, 6) is 0.678. The van der Waals surface area contributed by atoms with Gasteiger partial charge in [0, 0.05) is 10.1 Å². The van der Waals surface area contributed by atoms with Crippen LogP contribution >= 0.6 is 11.8 Å². The number of carbonyl (C=O) groups excluding carboxylic acids is 1. The number of esters is 1. The van der Waals surface area contributed by atoms with Gasteiger partial charge in [-0.15, -0.1) is 11.8 Å². The van der Waals surface area contributed by atoms with Gasteiger partial charge in [0.2, 0.25) is 0 Å². The standard InChI is InChI=1S/C13H21NO3S/c1-9(18-11-6-7-17-10(11)2)8-13(3,14-4)12(15)16-5/h6-7,9,14H,8H2,1-5H3. The van der Waals surface area contributed by atoms with E-state index in [0.29, 0.717) is 6.42 Å². The van der Waals surface area contributed by atoms with Crippen molar-refractivity contribution in [1.82, 2.24) is 5.32 Å². The summed E-state index contributed by atoms with van der Waals surface area (Å²) < 4.78 is 10.1. The lowest BCUT2D eigenvalue weighted by atomic mass is 9.96. The molecule has 4 nitrogen and oxygen atoms in total. The first-order valence-corrected chi connectivity index (χ1v) is 6.79. The largest absolute Gasteiger partial charge is 0.468 e. The van der Waals surface area contributed by atoms with E-state index < -0.39 is 5.54 Å². The summed E-state index contributed by atoms with van der Waals surface area (Å²) in [4.78, 5) is 12.9. The van der Waals surface area contributed by atoms with Crippen LogP contribution in [0.1, 0.15) is 26.0 Å². The lowest BCUT2D eigenvalue weighted by Gasteiger charge is -2.28. The molecule has 0 amide bonds. The molecule has 0 radical (unpaired) electrons. The minimum absolute atomic E-state index is 0.235. The molecule has 1 heterocycles. The number of hydrogen-bond acceptors (Lipinski definition) is 5. The van der Waals surface area contributed by atoms with Crippen LogP contribution in [-0.2, 0) is 9.53 Å². The SMILES string of the molecule is CNC(C)(CC(C)Sc1ccoc1C)C(=O)OC. The molecule has 0 aliphatic heterocycles. The van der Waals surface area contributed by atoms with E-state index in [1.54, 1.807) is 25.1 Å². The highest BCUT2D eigenvalue weighted by Crippen LogP contribution is 2.31. The molecule has 1 N–H and O–H groups in total. The second kappa shape index (κ2) is 6.29. The van der Waals surface area contributed by atoms with Gasteiger partial charge >= 0.3 is 5.97 Å². The fourth-order valence-electron chi connectivity index (χ4n) is 1.84. The third-order valence-corrected chi connectivity index (χ3v) is 4.27. The van der Waals surface area contributed by atoms with Crippen molar-refractivity contribution in [2.45, 2.75) is 42.9 Å². The van der Waals surface area contributed by atoms with E-state index >= 15 is 0 Å². The minimum Gasteiger partial charge on any atom is -0.468 e. The zero-order valence-electron chi connectivity index (χ0n) is 11.6. The Morgan fingerprint density at radius 2 is 2.33 bits per heavy atom. The molecule has 0 aliphatic rings. The van der Waals surface area contributed by atoms with Gasteiger partial charge in [-0.2, -0.15) is 0 Å². The van der Waals surface area contributed by atoms with Gasteiger partial charge in [-0.1, -0.05) is 6.92 Å². The van der Waals surface area contributed by atoms with Crippen LogP contribution in [0.25, 0.3) is 0 Å². The molecule has 18 heavy (non-hydrogen) atoms. The second-order valence-electron chi connectivity index (χ2n) is 4.55. The number of methoxy groups -OCH3 is 1. The zero-order valence-corrected chi connectivity index (χ0v) is 12.4.